The quantitative estimate of drug-likeness (QED) is 0.0388. The molecule has 0 aliphatic carbocycles. The van der Waals surface area contributed by atoms with Crippen LogP contribution in [0.2, 0.25) is 0 Å². The highest BCUT2D eigenvalue weighted by Gasteiger charge is 2.43. The number of ether oxygens (including phenoxy) is 2. The van der Waals surface area contributed by atoms with Crippen LogP contribution in [-0.2, 0) is 19.1 Å². The third-order valence-electron chi connectivity index (χ3n) is 10.5. The molecular weight excluding hydrogens is 622 g/mol. The van der Waals surface area contributed by atoms with Gasteiger partial charge in [0.15, 0.2) is 5.41 Å². The Bertz CT molecular complexity index is 731. The first-order valence-corrected chi connectivity index (χ1v) is 22.1. The van der Waals surface area contributed by atoms with E-state index in [0.29, 0.717) is 26.2 Å². The Morgan fingerprint density at radius 2 is 0.740 bits per heavy atom. The van der Waals surface area contributed by atoms with Crippen molar-refractivity contribution in [2.75, 3.05) is 39.5 Å². The summed E-state index contributed by atoms with van der Waals surface area (Å²) in [6.07, 6.45) is 36.1. The lowest BCUT2D eigenvalue weighted by Gasteiger charge is -2.26. The van der Waals surface area contributed by atoms with Crippen LogP contribution < -0.4 is 0 Å². The third-order valence-corrected chi connectivity index (χ3v) is 10.5. The molecule has 0 heterocycles. The second-order valence-corrected chi connectivity index (χ2v) is 15.5. The van der Waals surface area contributed by atoms with Crippen LogP contribution in [0.4, 0.5) is 0 Å². The molecule has 6 heteroatoms. The van der Waals surface area contributed by atoms with Gasteiger partial charge < -0.3 is 19.5 Å². The first kappa shape index (κ1) is 48.9. The standard InChI is InChI=1S/C44H87NO5/c1-5-8-11-14-17-19-22-29-36-45(38-31-24-25-32-39-46)37-30-23-21-28-35-44(4,42(47)49-40-33-26-16-13-10-7-3)43(48)50-41-34-27-20-18-15-12-9-6-2/h46H,5-41H2,1-4H3. The van der Waals surface area contributed by atoms with Crippen molar-refractivity contribution >= 4 is 11.9 Å². The highest BCUT2D eigenvalue weighted by molar-refractivity contribution is 5.99. The second kappa shape index (κ2) is 37.6. The lowest BCUT2D eigenvalue weighted by Crippen LogP contribution is -2.39. The van der Waals surface area contributed by atoms with Gasteiger partial charge in [0.25, 0.3) is 0 Å². The smallest absolute Gasteiger partial charge is 0.323 e. The molecular formula is C44H87NO5. The summed E-state index contributed by atoms with van der Waals surface area (Å²) in [5.74, 6) is -0.796. The van der Waals surface area contributed by atoms with Crippen molar-refractivity contribution in [2.45, 2.75) is 227 Å². The fourth-order valence-electron chi connectivity index (χ4n) is 6.83. The molecule has 1 N–H and O–H groups in total. The van der Waals surface area contributed by atoms with E-state index in [4.69, 9.17) is 14.6 Å². The molecule has 0 aromatic rings. The Morgan fingerprint density at radius 1 is 0.440 bits per heavy atom. The number of hydrogen-bond acceptors (Lipinski definition) is 6. The Labute approximate surface area is 312 Å². The van der Waals surface area contributed by atoms with Gasteiger partial charge in [0, 0.05) is 6.61 Å². The lowest BCUT2D eigenvalue weighted by molar-refractivity contribution is -0.172. The number of nitrogens with zero attached hydrogens (tertiary/aromatic N) is 1. The number of carbonyl (C=O) groups is 2. The van der Waals surface area contributed by atoms with Crippen LogP contribution in [0.15, 0.2) is 0 Å². The fourth-order valence-corrected chi connectivity index (χ4v) is 6.83. The Kier molecular flexibility index (Phi) is 36.8. The van der Waals surface area contributed by atoms with E-state index >= 15 is 0 Å². The molecule has 0 aromatic carbocycles. The zero-order chi connectivity index (χ0) is 36.8. The molecule has 0 aliphatic heterocycles. The van der Waals surface area contributed by atoms with Crippen LogP contribution in [-0.4, -0.2) is 61.4 Å². The monoisotopic (exact) mass is 710 g/mol. The van der Waals surface area contributed by atoms with E-state index in [1.165, 1.54) is 135 Å². The predicted octanol–water partition coefficient (Wildman–Crippen LogP) is 12.5. The maximum absolute atomic E-state index is 13.4. The number of carbonyl (C=O) groups excluding carboxylic acids is 2. The number of rotatable bonds is 40. The third kappa shape index (κ3) is 29.4. The molecule has 1 atom stereocenters. The summed E-state index contributed by atoms with van der Waals surface area (Å²) in [6.45, 7) is 13.0. The Morgan fingerprint density at radius 3 is 1.10 bits per heavy atom. The van der Waals surface area contributed by atoms with Gasteiger partial charge >= 0.3 is 11.9 Å². The topological polar surface area (TPSA) is 76.1 Å². The molecule has 0 spiro atoms. The van der Waals surface area contributed by atoms with Crippen LogP contribution in [0.3, 0.4) is 0 Å². The summed E-state index contributed by atoms with van der Waals surface area (Å²) in [7, 11) is 0. The van der Waals surface area contributed by atoms with Crippen LogP contribution >= 0.6 is 0 Å². The van der Waals surface area contributed by atoms with Gasteiger partial charge in [-0.2, -0.15) is 0 Å². The number of esters is 2. The predicted molar refractivity (Wildman–Crippen MR) is 214 cm³/mol. The van der Waals surface area contributed by atoms with E-state index < -0.39 is 17.4 Å². The molecule has 0 aliphatic rings. The molecule has 0 fully saturated rings. The van der Waals surface area contributed by atoms with Crippen molar-refractivity contribution in [2.24, 2.45) is 5.41 Å². The Balaban J connectivity index is 4.77. The van der Waals surface area contributed by atoms with Gasteiger partial charge in [-0.05, 0) is 71.5 Å². The molecule has 0 saturated heterocycles. The van der Waals surface area contributed by atoms with Crippen LogP contribution in [0, 0.1) is 5.41 Å². The molecule has 6 nitrogen and oxygen atoms in total. The number of unbranched alkanes of at least 4 members (excludes halogenated alkanes) is 25. The molecule has 1 unspecified atom stereocenters. The Hall–Kier alpha value is -1.14. The first-order valence-electron chi connectivity index (χ1n) is 22.1. The molecule has 50 heavy (non-hydrogen) atoms. The largest absolute Gasteiger partial charge is 0.465 e. The van der Waals surface area contributed by atoms with Crippen LogP contribution in [0.1, 0.15) is 227 Å². The van der Waals surface area contributed by atoms with E-state index in [1.807, 2.05) is 0 Å². The minimum Gasteiger partial charge on any atom is -0.465 e. The zero-order valence-electron chi connectivity index (χ0n) is 34.2. The van der Waals surface area contributed by atoms with Crippen molar-refractivity contribution in [3.8, 4) is 0 Å². The van der Waals surface area contributed by atoms with Crippen molar-refractivity contribution in [3.63, 3.8) is 0 Å². The van der Waals surface area contributed by atoms with Crippen molar-refractivity contribution < 1.29 is 24.2 Å². The van der Waals surface area contributed by atoms with Gasteiger partial charge in [-0.3, -0.25) is 9.59 Å². The van der Waals surface area contributed by atoms with Gasteiger partial charge in [0.1, 0.15) is 0 Å². The fraction of sp³-hybridized carbons (Fsp3) is 0.955. The van der Waals surface area contributed by atoms with Gasteiger partial charge in [0.2, 0.25) is 0 Å². The summed E-state index contributed by atoms with van der Waals surface area (Å²) in [5, 5.41) is 9.12. The van der Waals surface area contributed by atoms with E-state index in [2.05, 4.69) is 25.7 Å². The minimum atomic E-state index is -1.22. The summed E-state index contributed by atoms with van der Waals surface area (Å²) in [5.41, 5.74) is -1.22. The van der Waals surface area contributed by atoms with E-state index in [-0.39, 0.29) is 0 Å². The molecule has 0 amide bonds. The number of hydrogen-bond donors (Lipinski definition) is 1. The summed E-state index contributed by atoms with van der Waals surface area (Å²) in [6, 6.07) is 0. The van der Waals surface area contributed by atoms with Gasteiger partial charge in [-0.25, -0.2) is 0 Å². The number of aliphatic hydroxyl groups is 1. The van der Waals surface area contributed by atoms with E-state index in [0.717, 1.165) is 77.3 Å². The normalized spacial score (nSPS) is 12.8. The maximum atomic E-state index is 13.4. The van der Waals surface area contributed by atoms with Crippen molar-refractivity contribution in [1.29, 1.82) is 0 Å². The summed E-state index contributed by atoms with van der Waals surface area (Å²) in [4.78, 5) is 29.4. The number of aliphatic hydroxyl groups excluding tert-OH is 1. The molecule has 0 rings (SSSR count). The molecule has 0 radical (unpaired) electrons. The molecule has 298 valence electrons. The average molecular weight is 710 g/mol. The van der Waals surface area contributed by atoms with Crippen LogP contribution in [0.25, 0.3) is 0 Å². The summed E-state index contributed by atoms with van der Waals surface area (Å²) >= 11 is 0. The minimum absolute atomic E-state index is 0.300. The highest BCUT2D eigenvalue weighted by Crippen LogP contribution is 2.29. The SMILES string of the molecule is CCCCCCCCCCOC(=O)C(C)(CCCCCCN(CCCCCCO)CCCCCCCCCC)C(=O)OCCCCCCCC. The maximum Gasteiger partial charge on any atom is 0.323 e. The molecule has 0 aromatic heterocycles. The molecule has 0 bridgehead atoms. The second-order valence-electron chi connectivity index (χ2n) is 15.5. The average Bonchev–Trinajstić information content (AvgIpc) is 3.12. The van der Waals surface area contributed by atoms with Gasteiger partial charge in [-0.15, -0.1) is 0 Å². The van der Waals surface area contributed by atoms with Crippen LogP contribution in [0.5, 0.6) is 0 Å². The first-order chi connectivity index (χ1) is 24.5. The van der Waals surface area contributed by atoms with E-state index in [9.17, 15) is 9.59 Å². The molecule has 0 saturated carbocycles. The van der Waals surface area contributed by atoms with Gasteiger partial charge in [-0.1, -0.05) is 175 Å². The van der Waals surface area contributed by atoms with E-state index in [1.54, 1.807) is 6.92 Å². The lowest BCUT2D eigenvalue weighted by atomic mass is 9.84. The zero-order valence-corrected chi connectivity index (χ0v) is 34.2. The van der Waals surface area contributed by atoms with Crippen molar-refractivity contribution in [1.82, 2.24) is 4.90 Å². The summed E-state index contributed by atoms with van der Waals surface area (Å²) < 4.78 is 11.5. The highest BCUT2D eigenvalue weighted by atomic mass is 16.6. The van der Waals surface area contributed by atoms with Crippen molar-refractivity contribution in [3.05, 3.63) is 0 Å². The van der Waals surface area contributed by atoms with Gasteiger partial charge in [0.05, 0.1) is 13.2 Å².